The number of carbonyl (C=O) groups excluding carboxylic acids is 2. The van der Waals surface area contributed by atoms with Gasteiger partial charge in [0.25, 0.3) is 11.8 Å². The van der Waals surface area contributed by atoms with E-state index in [1.54, 1.807) is 11.5 Å². The zero-order chi connectivity index (χ0) is 23.4. The first kappa shape index (κ1) is 24.1. The van der Waals surface area contributed by atoms with Gasteiger partial charge >= 0.3 is 5.97 Å². The van der Waals surface area contributed by atoms with Crippen molar-refractivity contribution in [2.75, 3.05) is 18.0 Å². The first-order valence-corrected chi connectivity index (χ1v) is 12.2. The second-order valence-electron chi connectivity index (χ2n) is 6.06. The van der Waals surface area contributed by atoms with Crippen molar-refractivity contribution in [2.24, 2.45) is 15.9 Å². The molecule has 2 amide bonds. The maximum atomic E-state index is 12.7. The van der Waals surface area contributed by atoms with Crippen molar-refractivity contribution in [3.8, 4) is 0 Å². The van der Waals surface area contributed by atoms with E-state index in [1.165, 1.54) is 29.9 Å². The van der Waals surface area contributed by atoms with Gasteiger partial charge in [-0.2, -0.15) is 0 Å². The summed E-state index contributed by atoms with van der Waals surface area (Å²) in [6, 6.07) is -0.991. The van der Waals surface area contributed by atoms with E-state index in [1.807, 2.05) is 0 Å². The third-order valence-electron chi connectivity index (χ3n) is 4.19. The Bertz CT molecular complexity index is 1070. The molecular weight excluding hydrogens is 546 g/mol. The van der Waals surface area contributed by atoms with Crippen LogP contribution < -0.4 is 16.8 Å². The highest BCUT2D eigenvalue weighted by molar-refractivity contribution is 9.11. The van der Waals surface area contributed by atoms with Crippen LogP contribution >= 0.6 is 50.8 Å². The first-order valence-electron chi connectivity index (χ1n) is 8.68. The lowest BCUT2D eigenvalue weighted by Crippen LogP contribution is -2.71. The van der Waals surface area contributed by atoms with E-state index >= 15 is 0 Å². The molecule has 0 aliphatic carbocycles. The number of anilines is 1. The number of nitrogens with one attached hydrogen (secondary N) is 1. The highest BCUT2D eigenvalue weighted by Crippen LogP contribution is 2.43. The van der Waals surface area contributed by atoms with E-state index in [0.717, 1.165) is 16.2 Å². The van der Waals surface area contributed by atoms with E-state index in [9.17, 15) is 24.7 Å². The number of β-lactam (4-membered cyclic amide) rings is 1. The summed E-state index contributed by atoms with van der Waals surface area (Å²) in [5.74, 6) is -2.35. The average molecular weight is 562 g/mol. The predicted molar refractivity (Wildman–Crippen MR) is 127 cm³/mol. The molecule has 2 aliphatic heterocycles. The van der Waals surface area contributed by atoms with Crippen LogP contribution in [0.1, 0.15) is 5.69 Å². The quantitative estimate of drug-likeness (QED) is 0.0983. The van der Waals surface area contributed by atoms with Crippen LogP contribution in [0.4, 0.5) is 5.13 Å². The van der Waals surface area contributed by atoms with Gasteiger partial charge in [0.2, 0.25) is 0 Å². The van der Waals surface area contributed by atoms with Crippen LogP contribution in [0.3, 0.4) is 0 Å². The Labute approximate surface area is 202 Å². The molecule has 170 valence electrons. The molecule has 0 aromatic carbocycles. The van der Waals surface area contributed by atoms with Gasteiger partial charge in [-0.1, -0.05) is 34.3 Å². The second-order valence-corrected chi connectivity index (χ2v) is 10.5. The SMILES string of the molecule is NC=NC/C=C\SC1=C(C(=O)O)N2C(=O)C(NC(=O)/C(=N\O)c3nc(N)sc3Br)[C@H]2SC1. The van der Waals surface area contributed by atoms with Gasteiger partial charge in [-0.3, -0.25) is 19.5 Å². The summed E-state index contributed by atoms with van der Waals surface area (Å²) in [7, 11) is 0. The van der Waals surface area contributed by atoms with Crippen molar-refractivity contribution in [3.05, 3.63) is 31.6 Å². The van der Waals surface area contributed by atoms with Crippen molar-refractivity contribution in [3.63, 3.8) is 0 Å². The summed E-state index contributed by atoms with van der Waals surface area (Å²) >= 11 is 6.71. The number of aliphatic imine (C=N–C) groups is 1. The molecule has 0 bridgehead atoms. The number of carboxylic acid groups (broad SMARTS) is 1. The molecule has 32 heavy (non-hydrogen) atoms. The number of nitrogen functional groups attached to an aromatic ring is 1. The van der Waals surface area contributed by atoms with Gasteiger partial charge in [-0.15, -0.1) is 11.8 Å². The molecule has 3 heterocycles. The Morgan fingerprint density at radius 3 is 2.81 bits per heavy atom. The number of thiazole rings is 1. The Kier molecular flexibility index (Phi) is 7.81. The standard InChI is InChI=1S/C16H16BrN7O5S3/c17-11-7(22-16(19)32-11)8(23-29)12(25)21-9-13(26)24-10(15(27)28)6(4-31-14(9)24)30-3-1-2-20-5-18/h1,3,5,9,14,29H,2,4H2,(H2,18,20)(H2,19,22)(H,21,25)(H,27,28)/b3-1-,23-8-/t9?,14-/m1/s1. The van der Waals surface area contributed by atoms with E-state index in [4.69, 9.17) is 11.5 Å². The van der Waals surface area contributed by atoms with Gasteiger partial charge in [-0.25, -0.2) is 9.78 Å². The highest BCUT2D eigenvalue weighted by Gasteiger charge is 2.54. The lowest BCUT2D eigenvalue weighted by atomic mass is 10.0. The van der Waals surface area contributed by atoms with Gasteiger partial charge < -0.3 is 27.1 Å². The Balaban J connectivity index is 1.74. The van der Waals surface area contributed by atoms with Crippen LogP contribution in [-0.4, -0.2) is 73.7 Å². The lowest BCUT2D eigenvalue weighted by molar-refractivity contribution is -0.150. The summed E-state index contributed by atoms with van der Waals surface area (Å²) in [6.07, 6.45) is 2.87. The molecule has 2 atom stereocenters. The van der Waals surface area contributed by atoms with Crippen LogP contribution in [0.25, 0.3) is 0 Å². The third kappa shape index (κ3) is 4.77. The molecule has 0 radical (unpaired) electrons. The van der Waals surface area contributed by atoms with Gasteiger partial charge in [0.1, 0.15) is 26.6 Å². The molecular formula is C16H16BrN7O5S3. The largest absolute Gasteiger partial charge is 0.477 e. The van der Waals surface area contributed by atoms with Crippen molar-refractivity contribution in [1.29, 1.82) is 0 Å². The fourth-order valence-electron chi connectivity index (χ4n) is 2.85. The number of carboxylic acids is 1. The van der Waals surface area contributed by atoms with Gasteiger partial charge in [0.05, 0.1) is 12.9 Å². The minimum Gasteiger partial charge on any atom is -0.477 e. The van der Waals surface area contributed by atoms with Crippen LogP contribution in [0.15, 0.2) is 36.0 Å². The van der Waals surface area contributed by atoms with Crippen LogP contribution in [-0.2, 0) is 14.4 Å². The Morgan fingerprint density at radius 1 is 1.47 bits per heavy atom. The fourth-order valence-corrected chi connectivity index (χ4v) is 6.50. The zero-order valence-electron chi connectivity index (χ0n) is 16.0. The summed E-state index contributed by atoms with van der Waals surface area (Å²) in [6.45, 7) is 0.348. The summed E-state index contributed by atoms with van der Waals surface area (Å²) in [5, 5.41) is 25.6. The average Bonchev–Trinajstić information content (AvgIpc) is 3.09. The maximum absolute atomic E-state index is 12.7. The molecule has 3 rings (SSSR count). The van der Waals surface area contributed by atoms with Crippen molar-refractivity contribution in [1.82, 2.24) is 15.2 Å². The van der Waals surface area contributed by atoms with Crippen molar-refractivity contribution in [2.45, 2.75) is 11.4 Å². The molecule has 0 saturated carbocycles. The number of thioether (sulfide) groups is 2. The zero-order valence-corrected chi connectivity index (χ0v) is 20.0. The second kappa shape index (κ2) is 10.4. The molecule has 1 aromatic heterocycles. The maximum Gasteiger partial charge on any atom is 0.353 e. The highest BCUT2D eigenvalue weighted by atomic mass is 79.9. The molecule has 2 aliphatic rings. The Hall–Kier alpha value is -2.56. The number of carbonyl (C=O) groups is 3. The number of amides is 2. The number of oxime groups is 1. The van der Waals surface area contributed by atoms with Crippen LogP contribution in [0.2, 0.25) is 0 Å². The molecule has 12 nitrogen and oxygen atoms in total. The van der Waals surface area contributed by atoms with Gasteiger partial charge in [-0.05, 0) is 21.3 Å². The predicted octanol–water partition coefficient (Wildman–Crippen LogP) is 0.596. The van der Waals surface area contributed by atoms with Gasteiger partial charge in [0, 0.05) is 10.7 Å². The van der Waals surface area contributed by atoms with Crippen molar-refractivity contribution >= 4 is 85.8 Å². The number of aromatic nitrogens is 1. The third-order valence-corrected chi connectivity index (χ3v) is 8.13. The number of hydrogen-bond acceptors (Lipinski definition) is 11. The molecule has 1 aromatic rings. The van der Waals surface area contributed by atoms with E-state index in [-0.39, 0.29) is 16.5 Å². The number of rotatable bonds is 8. The number of halogens is 1. The number of fused-ring (bicyclic) bond motifs is 1. The smallest absolute Gasteiger partial charge is 0.353 e. The summed E-state index contributed by atoms with van der Waals surface area (Å²) in [5.41, 5.74) is 10.2. The molecule has 1 unspecified atom stereocenters. The molecule has 1 saturated heterocycles. The molecule has 16 heteroatoms. The number of nitrogens with zero attached hydrogens (tertiary/aromatic N) is 4. The Morgan fingerprint density at radius 2 is 2.22 bits per heavy atom. The summed E-state index contributed by atoms with van der Waals surface area (Å²) in [4.78, 5) is 46.6. The first-order chi connectivity index (χ1) is 15.3. The number of aliphatic carboxylic acids is 1. The fraction of sp³-hybridized carbons (Fsp3) is 0.250. The van der Waals surface area contributed by atoms with E-state index < -0.39 is 34.9 Å². The van der Waals surface area contributed by atoms with Crippen LogP contribution in [0, 0.1) is 0 Å². The van der Waals surface area contributed by atoms with E-state index in [0.29, 0.717) is 21.0 Å². The van der Waals surface area contributed by atoms with Crippen molar-refractivity contribution < 1.29 is 24.7 Å². The van der Waals surface area contributed by atoms with Gasteiger partial charge in [0.15, 0.2) is 10.8 Å². The lowest BCUT2D eigenvalue weighted by Gasteiger charge is -2.49. The minimum absolute atomic E-state index is 0.0305. The monoisotopic (exact) mass is 561 g/mol. The number of nitrogens with two attached hydrogens (primary N) is 2. The normalized spacial score (nSPS) is 21.2. The van der Waals surface area contributed by atoms with E-state index in [2.05, 4.69) is 36.4 Å². The minimum atomic E-state index is -1.25. The van der Waals surface area contributed by atoms with Crippen LogP contribution in [0.5, 0.6) is 0 Å². The molecule has 0 spiro atoms. The molecule has 1 fully saturated rings. The number of hydrogen-bond donors (Lipinski definition) is 5. The topological polar surface area (TPSA) is 197 Å². The molecule has 7 N–H and O–H groups in total. The summed E-state index contributed by atoms with van der Waals surface area (Å²) < 4.78 is 0.384.